The second kappa shape index (κ2) is 6.06. The molecule has 0 bridgehead atoms. The molecule has 72 valence electrons. The summed E-state index contributed by atoms with van der Waals surface area (Å²) in [5.41, 5.74) is 1.38. The van der Waals surface area contributed by atoms with Gasteiger partial charge in [0.15, 0.2) is 0 Å². The summed E-state index contributed by atoms with van der Waals surface area (Å²) in [5.74, 6) is 1.93. The smallest absolute Gasteiger partial charge is 0.0602 e. The van der Waals surface area contributed by atoms with Gasteiger partial charge in [-0.1, -0.05) is 30.3 Å². The molecule has 1 unspecified atom stereocenters. The SMILES string of the molecule is CC(O)CSCCc1ccccc1. The Morgan fingerprint density at radius 1 is 1.31 bits per heavy atom. The van der Waals surface area contributed by atoms with E-state index in [0.717, 1.165) is 17.9 Å². The third-order valence-corrected chi connectivity index (χ3v) is 2.95. The molecule has 13 heavy (non-hydrogen) atoms. The first-order valence-corrected chi connectivity index (χ1v) is 5.74. The van der Waals surface area contributed by atoms with Crippen LogP contribution in [0.3, 0.4) is 0 Å². The lowest BCUT2D eigenvalue weighted by atomic mass is 10.2. The molecule has 0 aromatic heterocycles. The number of benzene rings is 1. The maximum absolute atomic E-state index is 9.03. The Hall–Kier alpha value is -0.470. The van der Waals surface area contributed by atoms with E-state index in [0.29, 0.717) is 0 Å². The van der Waals surface area contributed by atoms with Crippen LogP contribution >= 0.6 is 11.8 Å². The van der Waals surface area contributed by atoms with Crippen molar-refractivity contribution in [1.82, 2.24) is 0 Å². The van der Waals surface area contributed by atoms with Gasteiger partial charge < -0.3 is 5.11 Å². The summed E-state index contributed by atoms with van der Waals surface area (Å²) < 4.78 is 0. The van der Waals surface area contributed by atoms with Crippen molar-refractivity contribution in [1.29, 1.82) is 0 Å². The first-order chi connectivity index (χ1) is 6.29. The van der Waals surface area contributed by atoms with Crippen molar-refractivity contribution in [2.24, 2.45) is 0 Å². The van der Waals surface area contributed by atoms with Crippen molar-refractivity contribution >= 4 is 11.8 Å². The normalized spacial score (nSPS) is 12.8. The molecule has 0 heterocycles. The van der Waals surface area contributed by atoms with E-state index >= 15 is 0 Å². The molecule has 0 spiro atoms. The molecule has 1 nitrogen and oxygen atoms in total. The zero-order valence-corrected chi connectivity index (χ0v) is 8.76. The van der Waals surface area contributed by atoms with Crippen molar-refractivity contribution in [2.45, 2.75) is 19.4 Å². The van der Waals surface area contributed by atoms with Gasteiger partial charge in [-0.05, 0) is 24.7 Å². The molecule has 0 aliphatic heterocycles. The fourth-order valence-electron chi connectivity index (χ4n) is 1.09. The van der Waals surface area contributed by atoms with E-state index in [-0.39, 0.29) is 6.10 Å². The number of thioether (sulfide) groups is 1. The third-order valence-electron chi connectivity index (χ3n) is 1.74. The molecule has 2 heteroatoms. The molecule has 1 aromatic carbocycles. The summed E-state index contributed by atoms with van der Waals surface area (Å²) in [4.78, 5) is 0. The number of aliphatic hydroxyl groups excluding tert-OH is 1. The van der Waals surface area contributed by atoms with Crippen molar-refractivity contribution in [3.8, 4) is 0 Å². The summed E-state index contributed by atoms with van der Waals surface area (Å²) >= 11 is 1.81. The van der Waals surface area contributed by atoms with Gasteiger partial charge >= 0.3 is 0 Å². The second-order valence-corrected chi connectivity index (χ2v) is 4.31. The lowest BCUT2D eigenvalue weighted by Crippen LogP contribution is -2.03. The van der Waals surface area contributed by atoms with Crippen molar-refractivity contribution in [3.05, 3.63) is 35.9 Å². The fourth-order valence-corrected chi connectivity index (χ4v) is 1.98. The van der Waals surface area contributed by atoms with Gasteiger partial charge in [0.25, 0.3) is 0 Å². The first kappa shape index (κ1) is 10.6. The van der Waals surface area contributed by atoms with Gasteiger partial charge in [0, 0.05) is 5.75 Å². The van der Waals surface area contributed by atoms with Crippen molar-refractivity contribution in [3.63, 3.8) is 0 Å². The van der Waals surface area contributed by atoms with Gasteiger partial charge in [-0.25, -0.2) is 0 Å². The third kappa shape index (κ3) is 4.96. The van der Waals surface area contributed by atoms with Crippen LogP contribution < -0.4 is 0 Å². The van der Waals surface area contributed by atoms with Crippen LogP contribution in [0.2, 0.25) is 0 Å². The van der Waals surface area contributed by atoms with E-state index in [1.807, 2.05) is 13.0 Å². The summed E-state index contributed by atoms with van der Waals surface area (Å²) in [6, 6.07) is 10.4. The summed E-state index contributed by atoms with van der Waals surface area (Å²) in [6.07, 6.45) is 0.916. The highest BCUT2D eigenvalue weighted by atomic mass is 32.2. The number of hydrogen-bond acceptors (Lipinski definition) is 2. The van der Waals surface area contributed by atoms with Crippen LogP contribution in [0.5, 0.6) is 0 Å². The Labute approximate surface area is 84.2 Å². The quantitative estimate of drug-likeness (QED) is 0.729. The van der Waals surface area contributed by atoms with Crippen LogP contribution in [0.4, 0.5) is 0 Å². The zero-order chi connectivity index (χ0) is 9.52. The number of hydrogen-bond donors (Lipinski definition) is 1. The Balaban J connectivity index is 2.13. The van der Waals surface area contributed by atoms with Crippen LogP contribution in [-0.2, 0) is 6.42 Å². The molecule has 0 aliphatic rings. The molecule has 0 amide bonds. The topological polar surface area (TPSA) is 20.2 Å². The molecule has 1 N–H and O–H groups in total. The molecular weight excluding hydrogens is 180 g/mol. The molecule has 0 saturated heterocycles. The Morgan fingerprint density at radius 3 is 2.62 bits per heavy atom. The molecule has 0 fully saturated rings. The zero-order valence-electron chi connectivity index (χ0n) is 7.94. The van der Waals surface area contributed by atoms with E-state index in [1.54, 1.807) is 11.8 Å². The minimum atomic E-state index is -0.180. The number of rotatable bonds is 5. The van der Waals surface area contributed by atoms with Gasteiger partial charge in [-0.2, -0.15) is 11.8 Å². The predicted molar refractivity (Wildman–Crippen MR) is 59.2 cm³/mol. The van der Waals surface area contributed by atoms with E-state index < -0.39 is 0 Å². The first-order valence-electron chi connectivity index (χ1n) is 4.59. The predicted octanol–water partition coefficient (Wildman–Crippen LogP) is 2.34. The Morgan fingerprint density at radius 2 is 2.00 bits per heavy atom. The second-order valence-electron chi connectivity index (χ2n) is 3.16. The van der Waals surface area contributed by atoms with Gasteiger partial charge in [0.1, 0.15) is 0 Å². The lowest BCUT2D eigenvalue weighted by Gasteiger charge is -2.03. The largest absolute Gasteiger partial charge is 0.393 e. The maximum Gasteiger partial charge on any atom is 0.0602 e. The summed E-state index contributed by atoms with van der Waals surface area (Å²) in [7, 11) is 0. The highest BCUT2D eigenvalue weighted by Gasteiger charge is 1.96. The van der Waals surface area contributed by atoms with Crippen LogP contribution in [0, 0.1) is 0 Å². The molecule has 0 radical (unpaired) electrons. The van der Waals surface area contributed by atoms with Gasteiger partial charge in [0.05, 0.1) is 6.10 Å². The monoisotopic (exact) mass is 196 g/mol. The van der Waals surface area contributed by atoms with Crippen LogP contribution in [0.25, 0.3) is 0 Å². The minimum absolute atomic E-state index is 0.180. The van der Waals surface area contributed by atoms with Crippen molar-refractivity contribution < 1.29 is 5.11 Å². The molecular formula is C11H16OS. The van der Waals surface area contributed by atoms with Gasteiger partial charge in [-0.15, -0.1) is 0 Å². The molecule has 0 saturated carbocycles. The van der Waals surface area contributed by atoms with Crippen LogP contribution in [-0.4, -0.2) is 22.7 Å². The minimum Gasteiger partial charge on any atom is -0.393 e. The summed E-state index contributed by atoms with van der Waals surface area (Å²) in [6.45, 7) is 1.83. The molecule has 1 aromatic rings. The molecule has 1 rings (SSSR count). The highest BCUT2D eigenvalue weighted by Crippen LogP contribution is 2.07. The fraction of sp³-hybridized carbons (Fsp3) is 0.455. The Kier molecular flexibility index (Phi) is 4.94. The van der Waals surface area contributed by atoms with Crippen LogP contribution in [0.1, 0.15) is 12.5 Å². The maximum atomic E-state index is 9.03. The van der Waals surface area contributed by atoms with Gasteiger partial charge in [0.2, 0.25) is 0 Å². The van der Waals surface area contributed by atoms with E-state index in [1.165, 1.54) is 5.56 Å². The lowest BCUT2D eigenvalue weighted by molar-refractivity contribution is 0.220. The number of aryl methyl sites for hydroxylation is 1. The van der Waals surface area contributed by atoms with E-state index in [4.69, 9.17) is 5.11 Å². The average molecular weight is 196 g/mol. The molecule has 1 atom stereocenters. The van der Waals surface area contributed by atoms with Crippen molar-refractivity contribution in [2.75, 3.05) is 11.5 Å². The summed E-state index contributed by atoms with van der Waals surface area (Å²) in [5, 5.41) is 9.03. The highest BCUT2D eigenvalue weighted by molar-refractivity contribution is 7.99. The number of aliphatic hydroxyl groups is 1. The van der Waals surface area contributed by atoms with E-state index in [2.05, 4.69) is 24.3 Å². The van der Waals surface area contributed by atoms with Gasteiger partial charge in [-0.3, -0.25) is 0 Å². The molecule has 0 aliphatic carbocycles. The average Bonchev–Trinajstić information content (AvgIpc) is 2.14. The Bertz CT molecular complexity index is 221. The standard InChI is InChI=1S/C11H16OS/c1-10(12)9-13-8-7-11-5-3-2-4-6-11/h2-6,10,12H,7-9H2,1H3. The van der Waals surface area contributed by atoms with E-state index in [9.17, 15) is 0 Å². The van der Waals surface area contributed by atoms with Crippen LogP contribution in [0.15, 0.2) is 30.3 Å².